The van der Waals surface area contributed by atoms with E-state index < -0.39 is 30.2 Å². The van der Waals surface area contributed by atoms with Crippen molar-refractivity contribution in [1.82, 2.24) is 0 Å². The molecule has 0 amide bonds. The van der Waals surface area contributed by atoms with Crippen LogP contribution in [-0.4, -0.2) is 46.5 Å². The Morgan fingerprint density at radius 3 is 1.57 bits per heavy atom. The van der Waals surface area contributed by atoms with Crippen molar-refractivity contribution < 1.29 is 24.8 Å². The van der Waals surface area contributed by atoms with Crippen molar-refractivity contribution in [2.75, 3.05) is 6.61 Å². The van der Waals surface area contributed by atoms with E-state index in [1.807, 2.05) is 91.0 Å². The van der Waals surface area contributed by atoms with E-state index >= 15 is 0 Å². The maximum Gasteiger partial charge on any atom is 0.181 e. The number of hydrogen-bond donors (Lipinski definition) is 3. The van der Waals surface area contributed by atoms with Gasteiger partial charge >= 0.3 is 0 Å². The summed E-state index contributed by atoms with van der Waals surface area (Å²) < 4.78 is 12.0. The predicted molar refractivity (Wildman–Crippen MR) is 113 cm³/mol. The van der Waals surface area contributed by atoms with Crippen LogP contribution in [0, 0.1) is 0 Å². The van der Waals surface area contributed by atoms with Gasteiger partial charge in [-0.05, 0) is 16.7 Å². The van der Waals surface area contributed by atoms with Gasteiger partial charge in [0.1, 0.15) is 17.8 Å². The van der Waals surface area contributed by atoms with Crippen molar-refractivity contribution in [3.05, 3.63) is 108 Å². The van der Waals surface area contributed by atoms with E-state index in [9.17, 15) is 15.3 Å². The van der Waals surface area contributed by atoms with Crippen LogP contribution in [0.25, 0.3) is 0 Å². The normalized spacial score (nSPS) is 24.5. The van der Waals surface area contributed by atoms with Crippen molar-refractivity contribution in [3.8, 4) is 0 Å². The third-order valence-corrected chi connectivity index (χ3v) is 5.56. The van der Waals surface area contributed by atoms with Gasteiger partial charge in [-0.1, -0.05) is 91.0 Å². The number of aliphatic hydroxyl groups is 3. The van der Waals surface area contributed by atoms with Crippen molar-refractivity contribution in [3.63, 3.8) is 0 Å². The molecule has 0 aromatic heterocycles. The summed E-state index contributed by atoms with van der Waals surface area (Å²) in [4.78, 5) is 0. The first-order chi connectivity index (χ1) is 14.6. The molecule has 0 aliphatic carbocycles. The second kappa shape index (κ2) is 9.08. The first-order valence-corrected chi connectivity index (χ1v) is 10.1. The van der Waals surface area contributed by atoms with E-state index in [2.05, 4.69) is 0 Å². The number of aliphatic hydroxyl groups excluding tert-OH is 3. The van der Waals surface area contributed by atoms with Gasteiger partial charge in [0.25, 0.3) is 0 Å². The lowest BCUT2D eigenvalue weighted by molar-refractivity contribution is -0.258. The van der Waals surface area contributed by atoms with Gasteiger partial charge in [-0.25, -0.2) is 0 Å². The SMILES string of the molecule is O[C@H]1C[C@H](O)[C@@H](COC(c2ccccc2)(c2ccccc2)c2ccccc2)O[C@@H]1O. The topological polar surface area (TPSA) is 79.2 Å². The standard InChI is InChI=1S/C25H26O5/c26-21-16-22(27)24(28)30-23(21)17-29-25(18-10-4-1-5-11-18,19-12-6-2-7-13-19)20-14-8-3-9-15-20/h1-15,21-24,26-28H,16-17H2/t21-,22-,23+,24-/m0/s1. The zero-order chi connectivity index (χ0) is 21.0. The molecule has 30 heavy (non-hydrogen) atoms. The number of ether oxygens (including phenoxy) is 2. The second-order valence-corrected chi connectivity index (χ2v) is 7.53. The molecule has 0 saturated carbocycles. The molecule has 5 heteroatoms. The Morgan fingerprint density at radius 1 is 0.700 bits per heavy atom. The highest BCUT2D eigenvalue weighted by Crippen LogP contribution is 2.41. The van der Waals surface area contributed by atoms with Crippen LogP contribution in [0.5, 0.6) is 0 Å². The summed E-state index contributed by atoms with van der Waals surface area (Å²) in [5.74, 6) is 0. The van der Waals surface area contributed by atoms with Gasteiger partial charge < -0.3 is 24.8 Å². The van der Waals surface area contributed by atoms with E-state index in [4.69, 9.17) is 9.47 Å². The highest BCUT2D eigenvalue weighted by Gasteiger charge is 2.41. The molecule has 1 aliphatic heterocycles. The van der Waals surface area contributed by atoms with Crippen LogP contribution in [0.3, 0.4) is 0 Å². The average Bonchev–Trinajstić information content (AvgIpc) is 2.80. The fourth-order valence-electron chi connectivity index (χ4n) is 4.00. The Bertz CT molecular complexity index is 819. The molecule has 0 spiro atoms. The Hall–Kier alpha value is -2.54. The molecule has 3 N–H and O–H groups in total. The summed E-state index contributed by atoms with van der Waals surface area (Å²) >= 11 is 0. The van der Waals surface area contributed by atoms with Gasteiger partial charge in [0.2, 0.25) is 0 Å². The molecule has 4 atom stereocenters. The lowest BCUT2D eigenvalue weighted by Crippen LogP contribution is -2.50. The monoisotopic (exact) mass is 406 g/mol. The molecule has 0 radical (unpaired) electrons. The summed E-state index contributed by atoms with van der Waals surface area (Å²) in [6.07, 6.45) is -4.13. The van der Waals surface area contributed by atoms with E-state index in [1.54, 1.807) is 0 Å². The molecule has 0 unspecified atom stereocenters. The van der Waals surface area contributed by atoms with E-state index in [-0.39, 0.29) is 13.0 Å². The van der Waals surface area contributed by atoms with Crippen LogP contribution in [0.1, 0.15) is 23.1 Å². The fourth-order valence-corrected chi connectivity index (χ4v) is 4.00. The molecule has 1 saturated heterocycles. The van der Waals surface area contributed by atoms with E-state index in [1.165, 1.54) is 0 Å². The lowest BCUT2D eigenvalue weighted by atomic mass is 9.80. The molecule has 0 bridgehead atoms. The molecule has 3 aromatic rings. The van der Waals surface area contributed by atoms with Crippen molar-refractivity contribution >= 4 is 0 Å². The Balaban J connectivity index is 1.77. The lowest BCUT2D eigenvalue weighted by Gasteiger charge is -2.40. The van der Waals surface area contributed by atoms with Crippen LogP contribution in [0.15, 0.2) is 91.0 Å². The third kappa shape index (κ3) is 4.03. The van der Waals surface area contributed by atoms with Crippen LogP contribution in [0.2, 0.25) is 0 Å². The van der Waals surface area contributed by atoms with Crippen molar-refractivity contribution in [2.45, 2.75) is 36.6 Å². The minimum Gasteiger partial charge on any atom is -0.390 e. The molecule has 1 aliphatic rings. The van der Waals surface area contributed by atoms with Gasteiger partial charge in [-0.3, -0.25) is 0 Å². The van der Waals surface area contributed by atoms with E-state index in [0.29, 0.717) is 0 Å². The molecule has 156 valence electrons. The molecule has 1 fully saturated rings. The first kappa shape index (κ1) is 20.7. The Kier molecular flexibility index (Phi) is 6.27. The minimum absolute atomic E-state index is 0.0314. The summed E-state index contributed by atoms with van der Waals surface area (Å²) in [6, 6.07) is 29.7. The van der Waals surface area contributed by atoms with Gasteiger partial charge in [-0.15, -0.1) is 0 Å². The molecule has 1 heterocycles. The van der Waals surface area contributed by atoms with Gasteiger partial charge in [0.15, 0.2) is 6.29 Å². The zero-order valence-corrected chi connectivity index (χ0v) is 16.5. The van der Waals surface area contributed by atoms with Crippen LogP contribution in [-0.2, 0) is 15.1 Å². The maximum atomic E-state index is 10.4. The van der Waals surface area contributed by atoms with Gasteiger partial charge in [0.05, 0.1) is 12.7 Å². The number of hydrogen-bond acceptors (Lipinski definition) is 5. The highest BCUT2D eigenvalue weighted by molar-refractivity contribution is 5.47. The second-order valence-electron chi connectivity index (χ2n) is 7.53. The maximum absolute atomic E-state index is 10.4. The Labute approximate surface area is 176 Å². The highest BCUT2D eigenvalue weighted by atomic mass is 16.6. The quantitative estimate of drug-likeness (QED) is 0.549. The molecular weight excluding hydrogens is 380 g/mol. The van der Waals surface area contributed by atoms with Gasteiger partial charge in [0, 0.05) is 6.42 Å². The largest absolute Gasteiger partial charge is 0.390 e. The predicted octanol–water partition coefficient (Wildman–Crippen LogP) is 2.82. The minimum atomic E-state index is -1.35. The molecule has 5 nitrogen and oxygen atoms in total. The van der Waals surface area contributed by atoms with Gasteiger partial charge in [-0.2, -0.15) is 0 Å². The molecular formula is C25H26O5. The number of rotatable bonds is 6. The third-order valence-electron chi connectivity index (χ3n) is 5.56. The van der Waals surface area contributed by atoms with Crippen LogP contribution < -0.4 is 0 Å². The van der Waals surface area contributed by atoms with E-state index in [0.717, 1.165) is 16.7 Å². The Morgan fingerprint density at radius 2 is 1.13 bits per heavy atom. The molecule has 4 rings (SSSR count). The fraction of sp³-hybridized carbons (Fsp3) is 0.280. The summed E-state index contributed by atoms with van der Waals surface area (Å²) in [6.45, 7) is 0.0314. The summed E-state index contributed by atoms with van der Waals surface area (Å²) in [5.41, 5.74) is 1.88. The zero-order valence-electron chi connectivity index (χ0n) is 16.5. The average molecular weight is 406 g/mol. The smallest absolute Gasteiger partial charge is 0.181 e. The molecule has 3 aromatic carbocycles. The van der Waals surface area contributed by atoms with Crippen LogP contribution in [0.4, 0.5) is 0 Å². The van der Waals surface area contributed by atoms with Crippen LogP contribution >= 0.6 is 0 Å². The van der Waals surface area contributed by atoms with Crippen molar-refractivity contribution in [2.24, 2.45) is 0 Å². The summed E-state index contributed by atoms with van der Waals surface area (Å²) in [5, 5.41) is 30.0. The summed E-state index contributed by atoms with van der Waals surface area (Å²) in [7, 11) is 0. The first-order valence-electron chi connectivity index (χ1n) is 10.1. The van der Waals surface area contributed by atoms with Crippen molar-refractivity contribution in [1.29, 1.82) is 0 Å². The number of benzene rings is 3.